The minimum atomic E-state index is -0.112. The molecule has 0 bridgehead atoms. The zero-order valence-electron chi connectivity index (χ0n) is 10.4. The number of hydrogen-bond acceptors (Lipinski definition) is 3. The molecular weight excluding hydrogens is 214 g/mol. The van der Waals surface area contributed by atoms with E-state index in [1.807, 2.05) is 19.1 Å². The average Bonchev–Trinajstić information content (AvgIpc) is 3.08. The molecule has 1 aliphatic rings. The molecule has 1 amide bonds. The van der Waals surface area contributed by atoms with Crippen molar-refractivity contribution in [2.75, 3.05) is 11.9 Å². The molecule has 0 aliphatic heterocycles. The van der Waals surface area contributed by atoms with Crippen LogP contribution in [-0.2, 0) is 0 Å². The first-order chi connectivity index (χ1) is 8.24. The number of nitrogens with zero attached hydrogens (tertiary/aromatic N) is 1. The van der Waals surface area contributed by atoms with E-state index >= 15 is 0 Å². The normalized spacial score (nSPS) is 22.0. The molecule has 4 nitrogen and oxygen atoms in total. The molecule has 2 atom stereocenters. The summed E-state index contributed by atoms with van der Waals surface area (Å²) in [7, 11) is 0. The maximum absolute atomic E-state index is 11.6. The van der Waals surface area contributed by atoms with Crippen molar-refractivity contribution < 1.29 is 4.79 Å². The standard InChI is InChI=1S/C13H19N3O/c1-3-9-7-11(9)16-10-5-6-15-12(8-10)13(17)14-4-2/h5-6,8-9,11H,3-4,7H2,1-2H3,(H,14,17)(H,15,16). The van der Waals surface area contributed by atoms with Crippen LogP contribution in [0.2, 0.25) is 0 Å². The third kappa shape index (κ3) is 2.96. The first-order valence-corrected chi connectivity index (χ1v) is 6.25. The molecule has 1 heterocycles. The van der Waals surface area contributed by atoms with Crippen molar-refractivity contribution in [2.24, 2.45) is 5.92 Å². The van der Waals surface area contributed by atoms with Crippen molar-refractivity contribution in [3.63, 3.8) is 0 Å². The summed E-state index contributed by atoms with van der Waals surface area (Å²) in [5, 5.41) is 6.18. The third-order valence-corrected chi connectivity index (χ3v) is 3.13. The SMILES string of the molecule is CCNC(=O)c1cc(NC2CC2CC)ccn1. The van der Waals surface area contributed by atoms with E-state index < -0.39 is 0 Å². The molecule has 1 aromatic heterocycles. The maximum atomic E-state index is 11.6. The third-order valence-electron chi connectivity index (χ3n) is 3.13. The highest BCUT2D eigenvalue weighted by atomic mass is 16.1. The molecule has 0 spiro atoms. The van der Waals surface area contributed by atoms with E-state index in [9.17, 15) is 4.79 Å². The molecule has 0 radical (unpaired) electrons. The van der Waals surface area contributed by atoms with E-state index in [0.29, 0.717) is 18.3 Å². The van der Waals surface area contributed by atoms with Gasteiger partial charge in [0, 0.05) is 24.5 Å². The number of carbonyl (C=O) groups excluding carboxylic acids is 1. The van der Waals surface area contributed by atoms with Crippen LogP contribution in [0, 0.1) is 5.92 Å². The van der Waals surface area contributed by atoms with Gasteiger partial charge in [-0.25, -0.2) is 0 Å². The number of nitrogens with one attached hydrogen (secondary N) is 2. The summed E-state index contributed by atoms with van der Waals surface area (Å²) in [6.45, 7) is 4.73. The van der Waals surface area contributed by atoms with Crippen molar-refractivity contribution in [2.45, 2.75) is 32.7 Å². The monoisotopic (exact) mass is 233 g/mol. The lowest BCUT2D eigenvalue weighted by Gasteiger charge is -2.07. The Bertz CT molecular complexity index is 405. The fraction of sp³-hybridized carbons (Fsp3) is 0.538. The number of aromatic nitrogens is 1. The quantitative estimate of drug-likeness (QED) is 0.818. The number of carbonyl (C=O) groups is 1. The second-order valence-electron chi connectivity index (χ2n) is 4.44. The van der Waals surface area contributed by atoms with Gasteiger partial charge in [-0.1, -0.05) is 13.3 Å². The topological polar surface area (TPSA) is 54.0 Å². The molecule has 1 saturated carbocycles. The number of anilines is 1. The summed E-state index contributed by atoms with van der Waals surface area (Å²) < 4.78 is 0. The molecule has 1 fully saturated rings. The number of pyridine rings is 1. The van der Waals surface area contributed by atoms with E-state index in [2.05, 4.69) is 22.5 Å². The molecule has 2 rings (SSSR count). The molecule has 1 aromatic rings. The molecule has 0 aromatic carbocycles. The Balaban J connectivity index is 1.99. The summed E-state index contributed by atoms with van der Waals surface area (Å²) in [4.78, 5) is 15.7. The summed E-state index contributed by atoms with van der Waals surface area (Å²) in [6, 6.07) is 4.30. The van der Waals surface area contributed by atoms with Gasteiger partial charge in [0.25, 0.3) is 5.91 Å². The fourth-order valence-electron chi connectivity index (χ4n) is 1.99. The van der Waals surface area contributed by atoms with Gasteiger partial charge in [0.15, 0.2) is 0 Å². The minimum Gasteiger partial charge on any atom is -0.382 e. The fourth-order valence-corrected chi connectivity index (χ4v) is 1.99. The van der Waals surface area contributed by atoms with Gasteiger partial charge in [-0.05, 0) is 31.4 Å². The Morgan fingerprint density at radius 3 is 3.00 bits per heavy atom. The number of hydrogen-bond donors (Lipinski definition) is 2. The van der Waals surface area contributed by atoms with Gasteiger partial charge in [0.2, 0.25) is 0 Å². The van der Waals surface area contributed by atoms with E-state index in [-0.39, 0.29) is 5.91 Å². The van der Waals surface area contributed by atoms with Crippen molar-refractivity contribution in [1.29, 1.82) is 0 Å². The van der Waals surface area contributed by atoms with E-state index in [1.54, 1.807) is 6.20 Å². The van der Waals surface area contributed by atoms with Gasteiger partial charge >= 0.3 is 0 Å². The number of rotatable bonds is 5. The summed E-state index contributed by atoms with van der Waals surface area (Å²) >= 11 is 0. The highest BCUT2D eigenvalue weighted by molar-refractivity contribution is 5.93. The first-order valence-electron chi connectivity index (χ1n) is 6.25. The summed E-state index contributed by atoms with van der Waals surface area (Å²) in [5.41, 5.74) is 1.47. The molecule has 17 heavy (non-hydrogen) atoms. The highest BCUT2D eigenvalue weighted by Crippen LogP contribution is 2.35. The van der Waals surface area contributed by atoms with Crippen LogP contribution in [0.3, 0.4) is 0 Å². The van der Waals surface area contributed by atoms with Crippen molar-refractivity contribution in [1.82, 2.24) is 10.3 Å². The number of amides is 1. The Hall–Kier alpha value is -1.58. The summed E-state index contributed by atoms with van der Waals surface area (Å²) in [6.07, 6.45) is 4.12. The molecule has 1 aliphatic carbocycles. The molecule has 92 valence electrons. The summed E-state index contributed by atoms with van der Waals surface area (Å²) in [5.74, 6) is 0.676. The van der Waals surface area contributed by atoms with Crippen LogP contribution < -0.4 is 10.6 Å². The average molecular weight is 233 g/mol. The Kier molecular flexibility index (Phi) is 3.61. The van der Waals surface area contributed by atoms with Gasteiger partial charge in [-0.2, -0.15) is 0 Å². The largest absolute Gasteiger partial charge is 0.382 e. The highest BCUT2D eigenvalue weighted by Gasteiger charge is 2.35. The zero-order valence-corrected chi connectivity index (χ0v) is 10.4. The lowest BCUT2D eigenvalue weighted by molar-refractivity contribution is 0.0951. The van der Waals surface area contributed by atoms with Crippen molar-refractivity contribution in [3.8, 4) is 0 Å². The Morgan fingerprint density at radius 1 is 1.53 bits per heavy atom. The maximum Gasteiger partial charge on any atom is 0.269 e. The van der Waals surface area contributed by atoms with Crippen LogP contribution in [0.4, 0.5) is 5.69 Å². The lowest BCUT2D eigenvalue weighted by Crippen LogP contribution is -2.23. The van der Waals surface area contributed by atoms with Crippen molar-refractivity contribution in [3.05, 3.63) is 24.0 Å². The van der Waals surface area contributed by atoms with Gasteiger partial charge in [-0.3, -0.25) is 9.78 Å². The van der Waals surface area contributed by atoms with Gasteiger partial charge in [0.05, 0.1) is 0 Å². The second kappa shape index (κ2) is 5.17. The molecular formula is C13H19N3O. The molecule has 0 saturated heterocycles. The van der Waals surface area contributed by atoms with Crippen LogP contribution in [0.25, 0.3) is 0 Å². The minimum absolute atomic E-state index is 0.112. The predicted molar refractivity (Wildman–Crippen MR) is 68.1 cm³/mol. The van der Waals surface area contributed by atoms with Crippen LogP contribution >= 0.6 is 0 Å². The van der Waals surface area contributed by atoms with Crippen LogP contribution in [0.5, 0.6) is 0 Å². The van der Waals surface area contributed by atoms with Gasteiger partial charge in [-0.15, -0.1) is 0 Å². The van der Waals surface area contributed by atoms with E-state index in [4.69, 9.17) is 0 Å². The van der Waals surface area contributed by atoms with Gasteiger partial charge in [0.1, 0.15) is 5.69 Å². The molecule has 2 unspecified atom stereocenters. The molecule has 2 N–H and O–H groups in total. The van der Waals surface area contributed by atoms with Crippen molar-refractivity contribution >= 4 is 11.6 Å². The van der Waals surface area contributed by atoms with Crippen LogP contribution in [0.15, 0.2) is 18.3 Å². The van der Waals surface area contributed by atoms with Crippen LogP contribution in [0.1, 0.15) is 37.2 Å². The smallest absolute Gasteiger partial charge is 0.269 e. The van der Waals surface area contributed by atoms with E-state index in [0.717, 1.165) is 11.6 Å². The predicted octanol–water partition coefficient (Wildman–Crippen LogP) is 2.04. The van der Waals surface area contributed by atoms with Gasteiger partial charge < -0.3 is 10.6 Å². The Morgan fingerprint density at radius 2 is 2.35 bits per heavy atom. The van der Waals surface area contributed by atoms with Crippen LogP contribution in [-0.4, -0.2) is 23.5 Å². The zero-order chi connectivity index (χ0) is 12.3. The Labute approximate surface area is 102 Å². The lowest BCUT2D eigenvalue weighted by atomic mass is 10.3. The van der Waals surface area contributed by atoms with E-state index in [1.165, 1.54) is 12.8 Å². The molecule has 4 heteroatoms. The first kappa shape index (κ1) is 11.9. The second-order valence-corrected chi connectivity index (χ2v) is 4.44.